The molecule has 0 radical (unpaired) electrons. The lowest BCUT2D eigenvalue weighted by Crippen LogP contribution is -2.53. The van der Waals surface area contributed by atoms with Gasteiger partial charge in [0.2, 0.25) is 17.7 Å². The van der Waals surface area contributed by atoms with Crippen LogP contribution in [0.1, 0.15) is 39.0 Å². The molecule has 0 aromatic carbocycles. The van der Waals surface area contributed by atoms with Crippen LogP contribution in [-0.2, 0) is 19.2 Å². The highest BCUT2D eigenvalue weighted by Gasteiger charge is 2.39. The van der Waals surface area contributed by atoms with Gasteiger partial charge in [-0.25, -0.2) is 11.7 Å². The number of aliphatic carboxylic acids is 1. The Labute approximate surface area is 127 Å². The van der Waals surface area contributed by atoms with Crippen molar-refractivity contribution in [1.29, 1.82) is 0 Å². The summed E-state index contributed by atoms with van der Waals surface area (Å²) in [6.45, 7) is 1.47. The topological polar surface area (TPSA) is 177 Å². The molecule has 0 rings (SSSR count). The maximum atomic E-state index is 11.7. The van der Waals surface area contributed by atoms with Crippen LogP contribution in [-0.4, -0.2) is 35.3 Å². The SMILES string of the molecule is CC(CCCCC(=O)NCCC(=O)O)(C(=O)NN)C(=O)NN. The number of hydrogen-bond acceptors (Lipinski definition) is 6. The van der Waals surface area contributed by atoms with Crippen LogP contribution in [0, 0.1) is 5.41 Å². The fourth-order valence-corrected chi connectivity index (χ4v) is 1.81. The third-order valence-corrected chi connectivity index (χ3v) is 3.26. The van der Waals surface area contributed by atoms with Crippen LogP contribution >= 0.6 is 0 Å². The average molecular weight is 317 g/mol. The fraction of sp³-hybridized carbons (Fsp3) is 0.667. The number of carboxylic acid groups (broad SMARTS) is 1. The lowest BCUT2D eigenvalue weighted by atomic mass is 9.83. The summed E-state index contributed by atoms with van der Waals surface area (Å²) in [5, 5.41) is 10.9. The first kappa shape index (κ1) is 19.8. The van der Waals surface area contributed by atoms with Gasteiger partial charge < -0.3 is 10.4 Å². The van der Waals surface area contributed by atoms with Gasteiger partial charge >= 0.3 is 5.97 Å². The second kappa shape index (κ2) is 9.68. The van der Waals surface area contributed by atoms with E-state index in [1.165, 1.54) is 6.92 Å². The molecule has 0 saturated carbocycles. The Morgan fingerprint density at radius 3 is 2.00 bits per heavy atom. The quantitative estimate of drug-likeness (QED) is 0.0897. The van der Waals surface area contributed by atoms with Gasteiger partial charge in [0.05, 0.1) is 6.42 Å². The number of amides is 3. The minimum absolute atomic E-state index is 0.0665. The smallest absolute Gasteiger partial charge is 0.305 e. The molecule has 22 heavy (non-hydrogen) atoms. The zero-order chi connectivity index (χ0) is 17.2. The molecule has 0 bridgehead atoms. The summed E-state index contributed by atoms with van der Waals surface area (Å²) in [6.07, 6.45) is 1.05. The number of rotatable bonds is 10. The predicted octanol–water partition coefficient (Wildman–Crippen LogP) is -1.88. The van der Waals surface area contributed by atoms with Crippen LogP contribution in [0.25, 0.3) is 0 Å². The standard InChI is InChI=1S/C12H23N5O5/c1-12(10(21)16-13,11(22)17-14)6-3-2-4-8(18)15-7-5-9(19)20/h2-7,13-14H2,1H3,(H,15,18)(H,16,21)(H,17,22)(H,19,20). The monoisotopic (exact) mass is 317 g/mol. The van der Waals surface area contributed by atoms with Crippen LogP contribution in [0.2, 0.25) is 0 Å². The molecule has 0 aromatic rings. The van der Waals surface area contributed by atoms with Crippen molar-refractivity contribution in [1.82, 2.24) is 16.2 Å². The highest BCUT2D eigenvalue weighted by atomic mass is 16.4. The Hall–Kier alpha value is -2.20. The summed E-state index contributed by atoms with van der Waals surface area (Å²) in [4.78, 5) is 45.1. The second-order valence-electron chi connectivity index (χ2n) is 4.98. The first-order valence-corrected chi connectivity index (χ1v) is 6.78. The number of nitrogens with two attached hydrogens (primary N) is 2. The van der Waals surface area contributed by atoms with Crippen molar-refractivity contribution in [2.24, 2.45) is 17.1 Å². The van der Waals surface area contributed by atoms with Gasteiger partial charge in [-0.2, -0.15) is 0 Å². The molecular weight excluding hydrogens is 294 g/mol. The fourth-order valence-electron chi connectivity index (χ4n) is 1.81. The van der Waals surface area contributed by atoms with E-state index in [-0.39, 0.29) is 31.7 Å². The van der Waals surface area contributed by atoms with Crippen molar-refractivity contribution in [3.8, 4) is 0 Å². The third kappa shape index (κ3) is 6.50. The number of nitrogens with one attached hydrogen (secondary N) is 3. The van der Waals surface area contributed by atoms with Crippen molar-refractivity contribution in [3.63, 3.8) is 0 Å². The van der Waals surface area contributed by atoms with E-state index in [1.54, 1.807) is 0 Å². The van der Waals surface area contributed by atoms with Gasteiger partial charge in [-0.3, -0.25) is 30.0 Å². The van der Waals surface area contributed by atoms with Crippen LogP contribution in [0.15, 0.2) is 0 Å². The first-order valence-electron chi connectivity index (χ1n) is 6.78. The van der Waals surface area contributed by atoms with Crippen molar-refractivity contribution < 1.29 is 24.3 Å². The maximum Gasteiger partial charge on any atom is 0.305 e. The van der Waals surface area contributed by atoms with Crippen molar-refractivity contribution >= 4 is 23.7 Å². The molecule has 10 nitrogen and oxygen atoms in total. The maximum absolute atomic E-state index is 11.7. The molecule has 0 fully saturated rings. The van der Waals surface area contributed by atoms with Gasteiger partial charge in [0, 0.05) is 13.0 Å². The summed E-state index contributed by atoms with van der Waals surface area (Å²) < 4.78 is 0. The number of hydrogen-bond donors (Lipinski definition) is 6. The summed E-state index contributed by atoms with van der Waals surface area (Å²) >= 11 is 0. The van der Waals surface area contributed by atoms with Crippen LogP contribution < -0.4 is 27.9 Å². The molecule has 0 aliphatic carbocycles. The van der Waals surface area contributed by atoms with Crippen molar-refractivity contribution in [3.05, 3.63) is 0 Å². The summed E-state index contributed by atoms with van der Waals surface area (Å²) in [5.41, 5.74) is 2.42. The molecule has 0 aliphatic rings. The average Bonchev–Trinajstić information content (AvgIpc) is 2.49. The minimum Gasteiger partial charge on any atom is -0.481 e. The summed E-state index contributed by atoms with van der Waals surface area (Å²) in [6, 6.07) is 0. The Kier molecular flexibility index (Phi) is 8.72. The number of unbranched alkanes of at least 4 members (excludes halogenated alkanes) is 1. The Morgan fingerprint density at radius 1 is 1.00 bits per heavy atom. The molecule has 0 spiro atoms. The highest BCUT2D eigenvalue weighted by Crippen LogP contribution is 2.24. The van der Waals surface area contributed by atoms with Gasteiger partial charge in [-0.15, -0.1) is 0 Å². The Morgan fingerprint density at radius 2 is 1.55 bits per heavy atom. The van der Waals surface area contributed by atoms with E-state index < -0.39 is 23.2 Å². The molecule has 0 heterocycles. The number of carbonyl (C=O) groups is 4. The van der Waals surface area contributed by atoms with Gasteiger partial charge in [-0.05, 0) is 19.8 Å². The molecule has 8 N–H and O–H groups in total. The van der Waals surface area contributed by atoms with Crippen molar-refractivity contribution in [2.75, 3.05) is 6.54 Å². The molecule has 10 heteroatoms. The number of hydrazine groups is 2. The van der Waals surface area contributed by atoms with E-state index in [9.17, 15) is 19.2 Å². The molecule has 0 saturated heterocycles. The van der Waals surface area contributed by atoms with E-state index in [1.807, 2.05) is 10.9 Å². The van der Waals surface area contributed by atoms with Crippen LogP contribution in [0.5, 0.6) is 0 Å². The zero-order valence-corrected chi connectivity index (χ0v) is 12.5. The van der Waals surface area contributed by atoms with E-state index >= 15 is 0 Å². The van der Waals surface area contributed by atoms with Crippen molar-refractivity contribution in [2.45, 2.75) is 39.0 Å². The lowest BCUT2D eigenvalue weighted by molar-refractivity contribution is -0.143. The third-order valence-electron chi connectivity index (χ3n) is 3.26. The Balaban J connectivity index is 4.19. The summed E-state index contributed by atoms with van der Waals surface area (Å²) in [5.74, 6) is 7.50. The lowest BCUT2D eigenvalue weighted by Gasteiger charge is -2.25. The van der Waals surface area contributed by atoms with Gasteiger partial charge in [0.1, 0.15) is 5.41 Å². The summed E-state index contributed by atoms with van der Waals surface area (Å²) in [7, 11) is 0. The molecule has 3 amide bonds. The molecule has 0 unspecified atom stereocenters. The van der Waals surface area contributed by atoms with Gasteiger partial charge in [-0.1, -0.05) is 6.42 Å². The van der Waals surface area contributed by atoms with E-state index in [0.717, 1.165) is 0 Å². The second-order valence-corrected chi connectivity index (χ2v) is 4.98. The zero-order valence-electron chi connectivity index (χ0n) is 12.5. The predicted molar refractivity (Wildman–Crippen MR) is 76.5 cm³/mol. The normalized spacial score (nSPS) is 10.7. The van der Waals surface area contributed by atoms with Gasteiger partial charge in [0.25, 0.3) is 0 Å². The van der Waals surface area contributed by atoms with E-state index in [0.29, 0.717) is 12.8 Å². The molecule has 0 atom stereocenters. The number of carbonyl (C=O) groups excluding carboxylic acids is 3. The van der Waals surface area contributed by atoms with E-state index in [4.69, 9.17) is 16.8 Å². The first-order chi connectivity index (χ1) is 10.3. The molecule has 0 aliphatic heterocycles. The number of carboxylic acids is 1. The highest BCUT2D eigenvalue weighted by molar-refractivity contribution is 6.04. The Bertz CT molecular complexity index is 410. The minimum atomic E-state index is -1.41. The van der Waals surface area contributed by atoms with Crippen LogP contribution in [0.3, 0.4) is 0 Å². The molecule has 126 valence electrons. The molecule has 0 aromatic heterocycles. The molecular formula is C12H23N5O5. The van der Waals surface area contributed by atoms with Gasteiger partial charge in [0.15, 0.2) is 0 Å². The largest absolute Gasteiger partial charge is 0.481 e. The van der Waals surface area contributed by atoms with Crippen LogP contribution in [0.4, 0.5) is 0 Å². The van der Waals surface area contributed by atoms with E-state index in [2.05, 4.69) is 5.32 Å².